The summed E-state index contributed by atoms with van der Waals surface area (Å²) in [5.41, 5.74) is 1.29. The van der Waals surface area contributed by atoms with Crippen molar-refractivity contribution in [2.45, 2.75) is 25.7 Å². The average Bonchev–Trinajstić information content (AvgIpc) is 2.90. The van der Waals surface area contributed by atoms with Crippen LogP contribution in [0.5, 0.6) is 5.75 Å². The molecule has 1 aliphatic heterocycles. The minimum Gasteiger partial charge on any atom is -0.495 e. The van der Waals surface area contributed by atoms with Crippen molar-refractivity contribution in [1.29, 1.82) is 0 Å². The van der Waals surface area contributed by atoms with Crippen LogP contribution in [0.4, 0.5) is 17.5 Å². The normalized spacial score (nSPS) is 21.0. The van der Waals surface area contributed by atoms with Crippen LogP contribution in [0, 0.1) is 11.8 Å². The fraction of sp³-hybridized carbons (Fsp3) is 0.560. The SMILES string of the molecule is CNc1nc(Nc2ccc(C(=O)N3CCN(CC4CCC(CBr)CC4)CC3)cc2OC)ncc1Cl. The highest BCUT2D eigenvalue weighted by Crippen LogP contribution is 2.31. The molecule has 1 saturated carbocycles. The Morgan fingerprint density at radius 3 is 2.54 bits per heavy atom. The van der Waals surface area contributed by atoms with E-state index in [0.29, 0.717) is 33.8 Å². The Labute approximate surface area is 220 Å². The number of carbonyl (C=O) groups excluding carboxylic acids is 1. The second-order valence-electron chi connectivity index (χ2n) is 9.31. The lowest BCUT2D eigenvalue weighted by Crippen LogP contribution is -2.50. The minimum absolute atomic E-state index is 0.0348. The Morgan fingerprint density at radius 1 is 1.17 bits per heavy atom. The molecule has 1 amide bonds. The number of aromatic nitrogens is 2. The van der Waals surface area contributed by atoms with Crippen LogP contribution in [0.15, 0.2) is 24.4 Å². The number of rotatable bonds is 8. The van der Waals surface area contributed by atoms with E-state index in [2.05, 4.69) is 41.4 Å². The van der Waals surface area contributed by atoms with Crippen LogP contribution in [0.25, 0.3) is 0 Å². The number of hydrogen-bond donors (Lipinski definition) is 2. The summed E-state index contributed by atoms with van der Waals surface area (Å²) in [4.78, 5) is 26.2. The molecule has 2 heterocycles. The standard InChI is InChI=1S/C25H34BrClN6O2/c1-28-23-20(27)15-29-25(31-23)30-21-8-7-19(13-22(21)35-2)24(34)33-11-9-32(10-12-33)16-18-5-3-17(14-26)4-6-18/h7-8,13,15,17-18H,3-6,9-12,14,16H2,1-2H3,(H2,28,29,30,31). The fourth-order valence-corrected chi connectivity index (χ4v) is 5.73. The smallest absolute Gasteiger partial charge is 0.254 e. The molecule has 10 heteroatoms. The number of methoxy groups -OCH3 is 1. The Hall–Kier alpha value is -2.10. The van der Waals surface area contributed by atoms with Gasteiger partial charge >= 0.3 is 0 Å². The summed E-state index contributed by atoms with van der Waals surface area (Å²) < 4.78 is 5.55. The van der Waals surface area contributed by atoms with E-state index >= 15 is 0 Å². The molecular formula is C25H34BrClN6O2. The predicted octanol–water partition coefficient (Wildman–Crippen LogP) is 4.88. The van der Waals surface area contributed by atoms with Crippen LogP contribution < -0.4 is 15.4 Å². The minimum atomic E-state index is 0.0348. The van der Waals surface area contributed by atoms with Crippen LogP contribution in [-0.2, 0) is 0 Å². The number of alkyl halides is 1. The van der Waals surface area contributed by atoms with Crippen molar-refractivity contribution in [2.75, 3.05) is 62.8 Å². The van der Waals surface area contributed by atoms with E-state index in [-0.39, 0.29) is 5.91 Å². The lowest BCUT2D eigenvalue weighted by atomic mass is 9.82. The fourth-order valence-electron chi connectivity index (χ4n) is 4.90. The molecule has 2 aromatic rings. The van der Waals surface area contributed by atoms with Gasteiger partial charge in [-0.05, 0) is 55.7 Å². The predicted molar refractivity (Wildman–Crippen MR) is 144 cm³/mol. The highest BCUT2D eigenvalue weighted by atomic mass is 79.9. The molecule has 1 aromatic carbocycles. The van der Waals surface area contributed by atoms with Crippen molar-refractivity contribution in [3.05, 3.63) is 35.0 Å². The van der Waals surface area contributed by atoms with E-state index in [1.165, 1.54) is 31.9 Å². The van der Waals surface area contributed by atoms with Crippen molar-refractivity contribution >= 4 is 50.9 Å². The van der Waals surface area contributed by atoms with Crippen LogP contribution in [0.2, 0.25) is 5.02 Å². The van der Waals surface area contributed by atoms with Crippen LogP contribution in [-0.4, -0.2) is 77.9 Å². The first kappa shape index (κ1) is 26.0. The molecule has 2 N–H and O–H groups in total. The molecule has 0 bridgehead atoms. The Bertz CT molecular complexity index is 1010. The zero-order chi connectivity index (χ0) is 24.8. The second-order valence-corrected chi connectivity index (χ2v) is 10.4. The number of hydrogen-bond acceptors (Lipinski definition) is 7. The van der Waals surface area contributed by atoms with Crippen LogP contribution >= 0.6 is 27.5 Å². The average molecular weight is 566 g/mol. The van der Waals surface area contributed by atoms with Gasteiger partial charge in [-0.25, -0.2) is 4.98 Å². The molecule has 190 valence electrons. The van der Waals surface area contributed by atoms with E-state index in [9.17, 15) is 4.79 Å². The third kappa shape index (κ3) is 6.57. The van der Waals surface area contributed by atoms with Crippen molar-refractivity contribution in [2.24, 2.45) is 11.8 Å². The first-order valence-corrected chi connectivity index (χ1v) is 13.7. The van der Waals surface area contributed by atoms with E-state index < -0.39 is 0 Å². The number of amides is 1. The lowest BCUT2D eigenvalue weighted by molar-refractivity contribution is 0.0601. The van der Waals surface area contributed by atoms with E-state index in [1.807, 2.05) is 17.0 Å². The highest BCUT2D eigenvalue weighted by molar-refractivity contribution is 9.09. The summed E-state index contributed by atoms with van der Waals surface area (Å²) in [5, 5.41) is 7.64. The molecule has 8 nitrogen and oxygen atoms in total. The first-order chi connectivity index (χ1) is 17.0. The van der Waals surface area contributed by atoms with Gasteiger partial charge in [-0.15, -0.1) is 0 Å². The summed E-state index contributed by atoms with van der Waals surface area (Å²) in [6.07, 6.45) is 6.85. The van der Waals surface area contributed by atoms with Crippen molar-refractivity contribution < 1.29 is 9.53 Å². The molecule has 35 heavy (non-hydrogen) atoms. The molecule has 4 rings (SSSR count). The van der Waals surface area contributed by atoms with Gasteiger partial charge in [0.2, 0.25) is 5.95 Å². The highest BCUT2D eigenvalue weighted by Gasteiger charge is 2.26. The van der Waals surface area contributed by atoms with Gasteiger partial charge in [0.05, 0.1) is 19.0 Å². The van der Waals surface area contributed by atoms with E-state index in [1.54, 1.807) is 20.2 Å². The first-order valence-electron chi connectivity index (χ1n) is 12.2. The Morgan fingerprint density at radius 2 is 1.89 bits per heavy atom. The molecule has 2 fully saturated rings. The largest absolute Gasteiger partial charge is 0.495 e. The maximum atomic E-state index is 13.2. The monoisotopic (exact) mass is 564 g/mol. The summed E-state index contributed by atoms with van der Waals surface area (Å²) in [6.45, 7) is 4.53. The van der Waals surface area contributed by atoms with Gasteiger partial charge in [0.1, 0.15) is 16.6 Å². The molecule has 1 aromatic heterocycles. The van der Waals surface area contributed by atoms with Gasteiger partial charge in [-0.2, -0.15) is 4.98 Å². The summed E-state index contributed by atoms with van der Waals surface area (Å²) in [7, 11) is 3.33. The summed E-state index contributed by atoms with van der Waals surface area (Å²) in [6, 6.07) is 5.41. The molecule has 0 radical (unpaired) electrons. The third-order valence-electron chi connectivity index (χ3n) is 7.04. The maximum Gasteiger partial charge on any atom is 0.254 e. The number of benzene rings is 1. The number of nitrogens with one attached hydrogen (secondary N) is 2. The number of halogens is 2. The van der Waals surface area contributed by atoms with Crippen LogP contribution in [0.3, 0.4) is 0 Å². The van der Waals surface area contributed by atoms with Crippen molar-refractivity contribution in [1.82, 2.24) is 19.8 Å². The number of nitrogens with zero attached hydrogens (tertiary/aromatic N) is 4. The third-order valence-corrected chi connectivity index (χ3v) is 8.23. The quantitative estimate of drug-likeness (QED) is 0.441. The van der Waals surface area contributed by atoms with Gasteiger partial charge in [-0.1, -0.05) is 27.5 Å². The molecule has 0 atom stereocenters. The summed E-state index contributed by atoms with van der Waals surface area (Å²) >= 11 is 9.70. The second kappa shape index (κ2) is 12.2. The van der Waals surface area contributed by atoms with Crippen molar-refractivity contribution in [3.63, 3.8) is 0 Å². The maximum absolute atomic E-state index is 13.2. The van der Waals surface area contributed by atoms with E-state index in [0.717, 1.165) is 49.9 Å². The topological polar surface area (TPSA) is 82.6 Å². The van der Waals surface area contributed by atoms with Crippen LogP contribution in [0.1, 0.15) is 36.0 Å². The Balaban J connectivity index is 1.33. The molecule has 1 saturated heterocycles. The number of carbonyl (C=O) groups is 1. The van der Waals surface area contributed by atoms with Gasteiger partial charge in [0.25, 0.3) is 5.91 Å². The van der Waals surface area contributed by atoms with Gasteiger partial charge in [0.15, 0.2) is 0 Å². The zero-order valence-corrected chi connectivity index (χ0v) is 22.7. The van der Waals surface area contributed by atoms with Gasteiger partial charge < -0.3 is 20.3 Å². The lowest BCUT2D eigenvalue weighted by Gasteiger charge is -2.38. The summed E-state index contributed by atoms with van der Waals surface area (Å²) in [5.74, 6) is 3.15. The molecule has 1 aliphatic carbocycles. The van der Waals surface area contributed by atoms with Crippen molar-refractivity contribution in [3.8, 4) is 5.75 Å². The molecule has 0 unspecified atom stereocenters. The number of anilines is 3. The zero-order valence-electron chi connectivity index (χ0n) is 20.4. The molecular weight excluding hydrogens is 532 g/mol. The van der Waals surface area contributed by atoms with Gasteiger partial charge in [-0.3, -0.25) is 9.69 Å². The molecule has 0 spiro atoms. The van der Waals surface area contributed by atoms with Gasteiger partial charge in [0, 0.05) is 50.7 Å². The molecule has 2 aliphatic rings. The number of ether oxygens (including phenoxy) is 1. The Kier molecular flexibility index (Phi) is 9.08. The van der Waals surface area contributed by atoms with E-state index in [4.69, 9.17) is 16.3 Å². The number of piperazine rings is 1.